The van der Waals surface area contributed by atoms with Gasteiger partial charge >= 0.3 is 0 Å². The predicted octanol–water partition coefficient (Wildman–Crippen LogP) is 1.68. The molecule has 0 fully saturated rings. The molecule has 0 bridgehead atoms. The molecular weight excluding hydrogens is 192 g/mol. The van der Waals surface area contributed by atoms with Crippen molar-refractivity contribution in [3.8, 4) is 0 Å². The van der Waals surface area contributed by atoms with Crippen molar-refractivity contribution >= 4 is 16.9 Å². The van der Waals surface area contributed by atoms with Crippen LogP contribution in [0.1, 0.15) is 26.2 Å². The van der Waals surface area contributed by atoms with Gasteiger partial charge in [-0.1, -0.05) is 19.8 Å². The van der Waals surface area contributed by atoms with Crippen molar-refractivity contribution in [2.24, 2.45) is 0 Å². The van der Waals surface area contributed by atoms with Gasteiger partial charge in [0, 0.05) is 0 Å². The third-order valence-electron chi connectivity index (χ3n) is 1.01. The van der Waals surface area contributed by atoms with E-state index in [1.165, 1.54) is 0 Å². The first-order valence-corrected chi connectivity index (χ1v) is 5.41. The lowest BCUT2D eigenvalue weighted by Crippen LogP contribution is -2.02. The Balaban J connectivity index is -0.000000218. The van der Waals surface area contributed by atoms with Crippen LogP contribution >= 0.6 is 0 Å². The second-order valence-electron chi connectivity index (χ2n) is 1.99. The van der Waals surface area contributed by atoms with Crippen LogP contribution in [0.25, 0.3) is 0 Å². The van der Waals surface area contributed by atoms with Gasteiger partial charge in [-0.05, 0) is 6.42 Å². The van der Waals surface area contributed by atoms with E-state index in [1.807, 2.05) is 13.7 Å². The number of unbranched alkanes of at least 4 members (excludes halogenated alkanes) is 2. The molecule has 0 aliphatic carbocycles. The van der Waals surface area contributed by atoms with Gasteiger partial charge in [0.1, 0.15) is 6.79 Å². The van der Waals surface area contributed by atoms with Gasteiger partial charge in [-0.3, -0.25) is 4.55 Å². The minimum Gasteiger partial charge on any atom is -0.307 e. The Morgan fingerprint density at radius 3 is 1.77 bits per heavy atom. The van der Waals surface area contributed by atoms with Crippen molar-refractivity contribution in [1.82, 2.24) is 0 Å². The summed E-state index contributed by atoms with van der Waals surface area (Å²) in [6, 6.07) is 0. The van der Waals surface area contributed by atoms with Crippen LogP contribution in [0.4, 0.5) is 0 Å². The highest BCUT2D eigenvalue weighted by atomic mass is 32.2. The van der Waals surface area contributed by atoms with Crippen molar-refractivity contribution in [3.05, 3.63) is 13.2 Å². The molecule has 0 saturated heterocycles. The molecule has 5 heteroatoms. The summed E-state index contributed by atoms with van der Waals surface area (Å²) in [7, 11) is -3.70. The van der Waals surface area contributed by atoms with E-state index in [0.29, 0.717) is 6.42 Å². The highest BCUT2D eigenvalue weighted by molar-refractivity contribution is 7.85. The molecule has 0 amide bonds. The molecule has 0 aromatic carbocycles. The van der Waals surface area contributed by atoms with E-state index in [9.17, 15) is 8.42 Å². The number of hydrogen-bond donors (Lipinski definition) is 1. The van der Waals surface area contributed by atoms with Gasteiger partial charge in [0.2, 0.25) is 0 Å². The van der Waals surface area contributed by atoms with E-state index in [2.05, 4.69) is 13.2 Å². The Kier molecular flexibility index (Phi) is 19.4. The van der Waals surface area contributed by atoms with Crippen LogP contribution in [0.2, 0.25) is 0 Å². The Morgan fingerprint density at radius 2 is 1.54 bits per heavy atom. The average Bonchev–Trinajstić information content (AvgIpc) is 2.10. The molecule has 0 spiro atoms. The van der Waals surface area contributed by atoms with E-state index in [-0.39, 0.29) is 5.75 Å². The molecule has 0 aliphatic rings. The molecule has 0 aliphatic heterocycles. The second-order valence-corrected chi connectivity index (χ2v) is 3.57. The van der Waals surface area contributed by atoms with E-state index in [1.54, 1.807) is 0 Å². The van der Waals surface area contributed by atoms with Gasteiger partial charge in [0.15, 0.2) is 0 Å². The number of rotatable bonds is 4. The third-order valence-corrected chi connectivity index (χ3v) is 1.81. The smallest absolute Gasteiger partial charge is 0.264 e. The summed E-state index contributed by atoms with van der Waals surface area (Å²) in [5, 5.41) is 0. The highest BCUT2D eigenvalue weighted by Gasteiger charge is 2.01. The van der Waals surface area contributed by atoms with Crippen LogP contribution < -0.4 is 0 Å². The molecular formula is C8H18O4S. The van der Waals surface area contributed by atoms with Crippen molar-refractivity contribution < 1.29 is 17.8 Å². The molecule has 80 valence electrons. The van der Waals surface area contributed by atoms with Crippen LogP contribution in [0.3, 0.4) is 0 Å². The fourth-order valence-corrected chi connectivity index (χ4v) is 1.10. The lowest BCUT2D eigenvalue weighted by molar-refractivity contribution is -0.0979. The van der Waals surface area contributed by atoms with Crippen LogP contribution in [-0.4, -0.2) is 25.5 Å². The molecule has 0 heterocycles. The average molecular weight is 210 g/mol. The quantitative estimate of drug-likeness (QED) is 0.435. The SMILES string of the molecule is C=C.C=O.CCCCCS(=O)(=O)O. The number of hydrogen-bond acceptors (Lipinski definition) is 3. The van der Waals surface area contributed by atoms with Gasteiger partial charge in [-0.2, -0.15) is 8.42 Å². The Bertz CT molecular complexity index is 173. The molecule has 0 unspecified atom stereocenters. The zero-order valence-corrected chi connectivity index (χ0v) is 8.85. The third kappa shape index (κ3) is 34.7. The van der Waals surface area contributed by atoms with Gasteiger partial charge in [0.05, 0.1) is 5.75 Å². The summed E-state index contributed by atoms with van der Waals surface area (Å²) >= 11 is 0. The second kappa shape index (κ2) is 13.9. The van der Waals surface area contributed by atoms with Crippen molar-refractivity contribution in [3.63, 3.8) is 0 Å². The van der Waals surface area contributed by atoms with Crippen molar-refractivity contribution in [2.75, 3.05) is 5.75 Å². The maximum absolute atomic E-state index is 10.1. The number of carbonyl (C=O) groups excluding carboxylic acids is 1. The van der Waals surface area contributed by atoms with Crippen molar-refractivity contribution in [2.45, 2.75) is 26.2 Å². The molecule has 13 heavy (non-hydrogen) atoms. The fourth-order valence-electron chi connectivity index (χ4n) is 0.534. The van der Waals surface area contributed by atoms with E-state index in [0.717, 1.165) is 12.8 Å². The summed E-state index contributed by atoms with van der Waals surface area (Å²) in [5.74, 6) is -0.0964. The maximum atomic E-state index is 10.1. The van der Waals surface area contributed by atoms with Crippen LogP contribution in [0.15, 0.2) is 13.2 Å². The first kappa shape index (κ1) is 18.2. The summed E-state index contributed by atoms with van der Waals surface area (Å²) in [4.78, 5) is 8.00. The molecule has 0 atom stereocenters. The monoisotopic (exact) mass is 210 g/mol. The normalized spacial score (nSPS) is 8.77. The Labute approximate surface area is 80.4 Å². The fraction of sp³-hybridized carbons (Fsp3) is 0.625. The first-order chi connectivity index (χ1) is 6.06. The molecule has 0 aromatic heterocycles. The van der Waals surface area contributed by atoms with E-state index < -0.39 is 10.1 Å². The molecule has 1 N–H and O–H groups in total. The highest BCUT2D eigenvalue weighted by Crippen LogP contribution is 1.96. The Hall–Kier alpha value is -0.680. The lowest BCUT2D eigenvalue weighted by atomic mass is 10.3. The minimum atomic E-state index is -3.70. The summed E-state index contributed by atoms with van der Waals surface area (Å²) in [6.45, 7) is 9.98. The Morgan fingerprint density at radius 1 is 1.15 bits per heavy atom. The summed E-state index contributed by atoms with van der Waals surface area (Å²) in [5.41, 5.74) is 0. The molecule has 4 nitrogen and oxygen atoms in total. The first-order valence-electron chi connectivity index (χ1n) is 3.80. The van der Waals surface area contributed by atoms with Gasteiger partial charge < -0.3 is 4.79 Å². The van der Waals surface area contributed by atoms with Crippen LogP contribution in [0.5, 0.6) is 0 Å². The van der Waals surface area contributed by atoms with Crippen molar-refractivity contribution in [1.29, 1.82) is 0 Å². The molecule has 0 saturated carbocycles. The zero-order chi connectivity index (χ0) is 11.3. The topological polar surface area (TPSA) is 71.4 Å². The summed E-state index contributed by atoms with van der Waals surface area (Å²) < 4.78 is 28.3. The van der Waals surface area contributed by atoms with Gasteiger partial charge in [-0.15, -0.1) is 13.2 Å². The summed E-state index contributed by atoms with van der Waals surface area (Å²) in [6.07, 6.45) is 2.39. The largest absolute Gasteiger partial charge is 0.307 e. The lowest BCUT2D eigenvalue weighted by Gasteiger charge is -1.92. The molecule has 0 rings (SSSR count). The van der Waals surface area contributed by atoms with Gasteiger partial charge in [-0.25, -0.2) is 0 Å². The van der Waals surface area contributed by atoms with E-state index in [4.69, 9.17) is 9.35 Å². The number of carbonyl (C=O) groups is 1. The standard InChI is InChI=1S/C5H12O3S.C2H4.CH2O/c1-2-3-4-5-9(6,7)8;2*1-2/h2-5H2,1H3,(H,6,7,8);1-2H2;1H2. The van der Waals surface area contributed by atoms with Crippen LogP contribution in [-0.2, 0) is 14.9 Å². The zero-order valence-electron chi connectivity index (χ0n) is 8.03. The molecule has 0 aromatic rings. The maximum Gasteiger partial charge on any atom is 0.264 e. The van der Waals surface area contributed by atoms with Gasteiger partial charge in [0.25, 0.3) is 10.1 Å². The van der Waals surface area contributed by atoms with E-state index >= 15 is 0 Å². The molecule has 0 radical (unpaired) electrons. The minimum absolute atomic E-state index is 0.0964. The predicted molar refractivity (Wildman–Crippen MR) is 54.3 cm³/mol. The van der Waals surface area contributed by atoms with Crippen LogP contribution in [0, 0.1) is 0 Å².